The monoisotopic (exact) mass is 239 g/mol. The van der Waals surface area contributed by atoms with E-state index in [4.69, 9.17) is 0 Å². The molecule has 0 radical (unpaired) electrons. The average molecular weight is 239 g/mol. The Bertz CT molecular complexity index is 164. The van der Waals surface area contributed by atoms with Gasteiger partial charge in [0.15, 0.2) is 0 Å². The van der Waals surface area contributed by atoms with Crippen LogP contribution in [-0.2, 0) is 0 Å². The van der Waals surface area contributed by atoms with Crippen LogP contribution in [0.15, 0.2) is 0 Å². The van der Waals surface area contributed by atoms with Gasteiger partial charge in [-0.1, -0.05) is 59.3 Å². The van der Waals surface area contributed by atoms with Gasteiger partial charge < -0.3 is 5.32 Å². The molecule has 0 aromatic rings. The van der Waals surface area contributed by atoms with Gasteiger partial charge in [-0.05, 0) is 37.6 Å². The van der Waals surface area contributed by atoms with Gasteiger partial charge in [0.1, 0.15) is 0 Å². The van der Waals surface area contributed by atoms with Gasteiger partial charge in [-0.3, -0.25) is 0 Å². The summed E-state index contributed by atoms with van der Waals surface area (Å²) in [5.41, 5.74) is 0. The van der Waals surface area contributed by atoms with E-state index < -0.39 is 0 Å². The molecule has 0 aromatic carbocycles. The number of nitrogens with one attached hydrogen (secondary N) is 1. The zero-order chi connectivity index (χ0) is 12.5. The van der Waals surface area contributed by atoms with E-state index in [-0.39, 0.29) is 0 Å². The molecule has 102 valence electrons. The van der Waals surface area contributed by atoms with Crippen LogP contribution in [0.25, 0.3) is 0 Å². The van der Waals surface area contributed by atoms with Crippen LogP contribution in [0.4, 0.5) is 0 Å². The molecule has 1 saturated carbocycles. The lowest BCUT2D eigenvalue weighted by atomic mass is 9.89. The fourth-order valence-corrected chi connectivity index (χ4v) is 3.28. The van der Waals surface area contributed by atoms with Gasteiger partial charge in [0, 0.05) is 6.04 Å². The highest BCUT2D eigenvalue weighted by Crippen LogP contribution is 2.30. The van der Waals surface area contributed by atoms with Crippen LogP contribution in [0.5, 0.6) is 0 Å². The Morgan fingerprint density at radius 1 is 1.06 bits per heavy atom. The molecule has 1 fully saturated rings. The summed E-state index contributed by atoms with van der Waals surface area (Å²) in [6.45, 7) is 8.18. The third-order valence-corrected chi connectivity index (χ3v) is 4.55. The van der Waals surface area contributed by atoms with Crippen molar-refractivity contribution in [2.45, 2.75) is 84.6 Å². The predicted octanol–water partition coefficient (Wildman–Crippen LogP) is 4.76. The normalized spacial score (nSPS) is 19.1. The first-order valence-electron chi connectivity index (χ1n) is 8.03. The quantitative estimate of drug-likeness (QED) is 0.611. The first-order valence-corrected chi connectivity index (χ1v) is 8.03. The van der Waals surface area contributed by atoms with Gasteiger partial charge in [0.25, 0.3) is 0 Å². The molecule has 0 bridgehead atoms. The van der Waals surface area contributed by atoms with E-state index in [1.54, 1.807) is 0 Å². The summed E-state index contributed by atoms with van der Waals surface area (Å²) in [7, 11) is 0. The Morgan fingerprint density at radius 3 is 2.24 bits per heavy atom. The predicted molar refractivity (Wildman–Crippen MR) is 77.3 cm³/mol. The Hall–Kier alpha value is -0.0400. The van der Waals surface area contributed by atoms with Crippen LogP contribution in [0.3, 0.4) is 0 Å². The van der Waals surface area contributed by atoms with Crippen molar-refractivity contribution in [3.63, 3.8) is 0 Å². The summed E-state index contributed by atoms with van der Waals surface area (Å²) < 4.78 is 0. The summed E-state index contributed by atoms with van der Waals surface area (Å²) in [6.07, 6.45) is 12.8. The Kier molecular flexibility index (Phi) is 7.92. The number of hydrogen-bond acceptors (Lipinski definition) is 1. The SMILES string of the molecule is CCCNC(CC(CC)CC)CC1CCCC1. The molecular formula is C16H33N. The summed E-state index contributed by atoms with van der Waals surface area (Å²) >= 11 is 0. The third kappa shape index (κ3) is 5.90. The maximum absolute atomic E-state index is 3.80. The molecule has 0 amide bonds. The van der Waals surface area contributed by atoms with Crippen molar-refractivity contribution < 1.29 is 0 Å². The molecule has 17 heavy (non-hydrogen) atoms. The van der Waals surface area contributed by atoms with Gasteiger partial charge >= 0.3 is 0 Å². The molecule has 1 nitrogen and oxygen atoms in total. The van der Waals surface area contributed by atoms with E-state index >= 15 is 0 Å². The van der Waals surface area contributed by atoms with Crippen LogP contribution in [0.2, 0.25) is 0 Å². The Morgan fingerprint density at radius 2 is 1.71 bits per heavy atom. The molecule has 0 heterocycles. The molecule has 0 aliphatic heterocycles. The second kappa shape index (κ2) is 8.97. The van der Waals surface area contributed by atoms with Gasteiger partial charge in [-0.15, -0.1) is 0 Å². The van der Waals surface area contributed by atoms with E-state index in [0.717, 1.165) is 17.9 Å². The van der Waals surface area contributed by atoms with Gasteiger partial charge in [-0.25, -0.2) is 0 Å². The number of rotatable bonds is 9. The molecule has 1 rings (SSSR count). The standard InChI is InChI=1S/C16H33N/c1-4-11-17-16(12-14(5-2)6-3)13-15-9-7-8-10-15/h14-17H,4-13H2,1-3H3. The lowest BCUT2D eigenvalue weighted by Gasteiger charge is -2.25. The smallest absolute Gasteiger partial charge is 0.00723 e. The Labute approximate surface area is 109 Å². The van der Waals surface area contributed by atoms with Crippen molar-refractivity contribution in [3.8, 4) is 0 Å². The first-order chi connectivity index (χ1) is 8.30. The lowest BCUT2D eigenvalue weighted by Crippen LogP contribution is -2.33. The van der Waals surface area contributed by atoms with Crippen molar-refractivity contribution in [2.75, 3.05) is 6.54 Å². The summed E-state index contributed by atoms with van der Waals surface area (Å²) in [4.78, 5) is 0. The first kappa shape index (κ1) is 15.0. The minimum absolute atomic E-state index is 0.794. The largest absolute Gasteiger partial charge is 0.314 e. The van der Waals surface area contributed by atoms with Crippen LogP contribution in [0.1, 0.15) is 78.6 Å². The second-order valence-corrected chi connectivity index (χ2v) is 5.96. The van der Waals surface area contributed by atoms with E-state index in [9.17, 15) is 0 Å². The highest BCUT2D eigenvalue weighted by molar-refractivity contribution is 4.77. The van der Waals surface area contributed by atoms with Crippen molar-refractivity contribution >= 4 is 0 Å². The van der Waals surface area contributed by atoms with Crippen LogP contribution < -0.4 is 5.32 Å². The Balaban J connectivity index is 2.34. The van der Waals surface area contributed by atoms with E-state index in [1.165, 1.54) is 64.3 Å². The minimum atomic E-state index is 0.794. The van der Waals surface area contributed by atoms with Crippen LogP contribution in [0, 0.1) is 11.8 Å². The summed E-state index contributed by atoms with van der Waals surface area (Å²) in [5, 5.41) is 3.80. The van der Waals surface area contributed by atoms with Crippen LogP contribution >= 0.6 is 0 Å². The van der Waals surface area contributed by atoms with E-state index in [2.05, 4.69) is 26.1 Å². The molecule has 1 heteroatoms. The van der Waals surface area contributed by atoms with Gasteiger partial charge in [0.2, 0.25) is 0 Å². The second-order valence-electron chi connectivity index (χ2n) is 5.96. The third-order valence-electron chi connectivity index (χ3n) is 4.55. The molecule has 1 aliphatic rings. The molecule has 0 aromatic heterocycles. The molecule has 0 saturated heterocycles. The van der Waals surface area contributed by atoms with Gasteiger partial charge in [-0.2, -0.15) is 0 Å². The maximum Gasteiger partial charge on any atom is 0.00723 e. The fraction of sp³-hybridized carbons (Fsp3) is 1.00. The molecule has 1 N–H and O–H groups in total. The van der Waals surface area contributed by atoms with E-state index in [1.807, 2.05) is 0 Å². The van der Waals surface area contributed by atoms with Crippen LogP contribution in [-0.4, -0.2) is 12.6 Å². The van der Waals surface area contributed by atoms with Crippen molar-refractivity contribution in [2.24, 2.45) is 11.8 Å². The zero-order valence-corrected chi connectivity index (χ0v) is 12.3. The topological polar surface area (TPSA) is 12.0 Å². The van der Waals surface area contributed by atoms with Crippen molar-refractivity contribution in [3.05, 3.63) is 0 Å². The molecule has 1 aliphatic carbocycles. The van der Waals surface area contributed by atoms with E-state index in [0.29, 0.717) is 0 Å². The highest BCUT2D eigenvalue weighted by Gasteiger charge is 2.21. The molecule has 1 unspecified atom stereocenters. The zero-order valence-electron chi connectivity index (χ0n) is 12.3. The summed E-state index contributed by atoms with van der Waals surface area (Å²) in [5.74, 6) is 1.96. The molecule has 1 atom stereocenters. The molecule has 0 spiro atoms. The lowest BCUT2D eigenvalue weighted by molar-refractivity contribution is 0.313. The van der Waals surface area contributed by atoms with Crippen molar-refractivity contribution in [1.29, 1.82) is 0 Å². The molecular weight excluding hydrogens is 206 g/mol. The fourth-order valence-electron chi connectivity index (χ4n) is 3.28. The number of hydrogen-bond donors (Lipinski definition) is 1. The maximum atomic E-state index is 3.80. The highest BCUT2D eigenvalue weighted by atomic mass is 14.9. The van der Waals surface area contributed by atoms with Crippen molar-refractivity contribution in [1.82, 2.24) is 5.32 Å². The minimum Gasteiger partial charge on any atom is -0.314 e. The summed E-state index contributed by atoms with van der Waals surface area (Å²) in [6, 6.07) is 0.794. The van der Waals surface area contributed by atoms with Gasteiger partial charge in [0.05, 0.1) is 0 Å². The average Bonchev–Trinajstić information content (AvgIpc) is 2.85.